The van der Waals surface area contributed by atoms with Gasteiger partial charge < -0.3 is 10.4 Å². The molecule has 6 heteroatoms. The number of amides is 1. The van der Waals surface area contributed by atoms with Crippen LogP contribution < -0.4 is 5.32 Å². The maximum atomic E-state index is 12.4. The van der Waals surface area contributed by atoms with Crippen LogP contribution in [0.5, 0.6) is 0 Å². The Balaban J connectivity index is 2.11. The number of hydrogen-bond donors (Lipinski definition) is 2. The standard InChI is InChI=1S/C17H27N3O3/c1-11(2)10-20-13(4)14(12(3)19-20)9-15(21)18-17(16(22)23)7-5-6-8-17/h11H,5-10H2,1-4H3,(H,18,21)(H,22,23). The Morgan fingerprint density at radius 2 is 1.91 bits per heavy atom. The summed E-state index contributed by atoms with van der Waals surface area (Å²) in [6.07, 6.45) is 2.90. The van der Waals surface area contributed by atoms with Gasteiger partial charge in [-0.2, -0.15) is 5.10 Å². The van der Waals surface area contributed by atoms with Crippen molar-refractivity contribution in [2.45, 2.75) is 71.9 Å². The summed E-state index contributed by atoms with van der Waals surface area (Å²) in [5.41, 5.74) is 1.66. The lowest BCUT2D eigenvalue weighted by molar-refractivity contribution is -0.147. The monoisotopic (exact) mass is 321 g/mol. The van der Waals surface area contributed by atoms with Crippen molar-refractivity contribution in [3.63, 3.8) is 0 Å². The van der Waals surface area contributed by atoms with Gasteiger partial charge >= 0.3 is 5.97 Å². The third kappa shape index (κ3) is 3.74. The molecule has 1 fully saturated rings. The van der Waals surface area contributed by atoms with E-state index in [9.17, 15) is 14.7 Å². The van der Waals surface area contributed by atoms with Gasteiger partial charge in [0.15, 0.2) is 0 Å². The number of aryl methyl sites for hydroxylation is 1. The molecule has 0 aromatic carbocycles. The Bertz CT molecular complexity index is 598. The molecule has 128 valence electrons. The van der Waals surface area contributed by atoms with Crippen LogP contribution in [0.15, 0.2) is 0 Å². The molecule has 0 saturated heterocycles. The van der Waals surface area contributed by atoms with Crippen LogP contribution in [-0.4, -0.2) is 32.3 Å². The molecule has 1 heterocycles. The molecule has 0 aliphatic heterocycles. The van der Waals surface area contributed by atoms with Gasteiger partial charge in [0.25, 0.3) is 0 Å². The third-order valence-corrected chi connectivity index (χ3v) is 4.65. The molecule has 0 radical (unpaired) electrons. The highest BCUT2D eigenvalue weighted by atomic mass is 16.4. The summed E-state index contributed by atoms with van der Waals surface area (Å²) in [5, 5.41) is 16.7. The molecule has 0 unspecified atom stereocenters. The first-order chi connectivity index (χ1) is 10.7. The van der Waals surface area contributed by atoms with Crippen LogP contribution in [0.3, 0.4) is 0 Å². The average Bonchev–Trinajstić information content (AvgIpc) is 3.00. The average molecular weight is 321 g/mol. The number of nitrogens with one attached hydrogen (secondary N) is 1. The third-order valence-electron chi connectivity index (χ3n) is 4.65. The first kappa shape index (κ1) is 17.5. The molecule has 1 aliphatic carbocycles. The zero-order valence-electron chi connectivity index (χ0n) is 14.5. The van der Waals surface area contributed by atoms with Crippen molar-refractivity contribution < 1.29 is 14.7 Å². The van der Waals surface area contributed by atoms with Crippen LogP contribution in [0, 0.1) is 19.8 Å². The second-order valence-electron chi connectivity index (χ2n) is 7.04. The topological polar surface area (TPSA) is 84.2 Å². The number of rotatable bonds is 6. The molecule has 0 bridgehead atoms. The van der Waals surface area contributed by atoms with Crippen molar-refractivity contribution in [3.05, 3.63) is 17.0 Å². The first-order valence-corrected chi connectivity index (χ1v) is 8.32. The Hall–Kier alpha value is -1.85. The Morgan fingerprint density at radius 3 is 2.43 bits per heavy atom. The predicted octanol–water partition coefficient (Wildman–Crippen LogP) is 2.21. The second kappa shape index (κ2) is 6.72. The van der Waals surface area contributed by atoms with Gasteiger partial charge in [0, 0.05) is 17.8 Å². The molecule has 1 saturated carbocycles. The molecule has 1 aromatic heterocycles. The van der Waals surface area contributed by atoms with Gasteiger partial charge in [0.05, 0.1) is 12.1 Å². The largest absolute Gasteiger partial charge is 0.480 e. The highest BCUT2D eigenvalue weighted by molar-refractivity contribution is 5.88. The molecule has 6 nitrogen and oxygen atoms in total. The lowest BCUT2D eigenvalue weighted by atomic mass is 9.97. The molecule has 0 atom stereocenters. The summed E-state index contributed by atoms with van der Waals surface area (Å²) in [6, 6.07) is 0. The van der Waals surface area contributed by atoms with Gasteiger partial charge in [-0.15, -0.1) is 0 Å². The highest BCUT2D eigenvalue weighted by Gasteiger charge is 2.42. The highest BCUT2D eigenvalue weighted by Crippen LogP contribution is 2.30. The number of carbonyl (C=O) groups excluding carboxylic acids is 1. The molecule has 1 amide bonds. The first-order valence-electron chi connectivity index (χ1n) is 8.32. The normalized spacial score (nSPS) is 16.7. The summed E-state index contributed by atoms with van der Waals surface area (Å²) >= 11 is 0. The molecule has 2 N–H and O–H groups in total. The van der Waals surface area contributed by atoms with E-state index in [1.54, 1.807) is 0 Å². The van der Waals surface area contributed by atoms with E-state index in [4.69, 9.17) is 0 Å². The Labute approximate surface area is 137 Å². The van der Waals surface area contributed by atoms with Crippen LogP contribution >= 0.6 is 0 Å². The van der Waals surface area contributed by atoms with Crippen molar-refractivity contribution >= 4 is 11.9 Å². The van der Waals surface area contributed by atoms with Gasteiger partial charge in [-0.05, 0) is 32.6 Å². The molecule has 1 aromatic rings. The van der Waals surface area contributed by atoms with Crippen molar-refractivity contribution in [2.75, 3.05) is 0 Å². The van der Waals surface area contributed by atoms with Crippen LogP contribution in [0.2, 0.25) is 0 Å². The van der Waals surface area contributed by atoms with E-state index in [0.717, 1.165) is 36.3 Å². The quantitative estimate of drug-likeness (QED) is 0.841. The maximum Gasteiger partial charge on any atom is 0.329 e. The predicted molar refractivity (Wildman–Crippen MR) is 87.2 cm³/mol. The SMILES string of the molecule is Cc1nn(CC(C)C)c(C)c1CC(=O)NC1(C(=O)O)CCCC1. The number of carbonyl (C=O) groups is 2. The van der Waals surface area contributed by atoms with Gasteiger partial charge in [-0.25, -0.2) is 4.79 Å². The number of carboxylic acids is 1. The number of hydrogen-bond acceptors (Lipinski definition) is 3. The zero-order chi connectivity index (χ0) is 17.2. The fraction of sp³-hybridized carbons (Fsp3) is 0.706. The van der Waals surface area contributed by atoms with Crippen molar-refractivity contribution in [1.29, 1.82) is 0 Å². The Morgan fingerprint density at radius 1 is 1.30 bits per heavy atom. The minimum Gasteiger partial charge on any atom is -0.480 e. The van der Waals surface area contributed by atoms with Crippen LogP contribution in [-0.2, 0) is 22.6 Å². The molecule has 1 aliphatic rings. The van der Waals surface area contributed by atoms with Crippen molar-refractivity contribution in [1.82, 2.24) is 15.1 Å². The fourth-order valence-electron chi connectivity index (χ4n) is 3.36. The van der Waals surface area contributed by atoms with E-state index in [1.165, 1.54) is 0 Å². The molecule has 2 rings (SSSR count). The lowest BCUT2D eigenvalue weighted by Crippen LogP contribution is -2.53. The summed E-state index contributed by atoms with van der Waals surface area (Å²) in [5.74, 6) is -0.680. The number of aliphatic carboxylic acids is 1. The summed E-state index contributed by atoms with van der Waals surface area (Å²) < 4.78 is 1.94. The number of nitrogens with zero attached hydrogens (tertiary/aromatic N) is 2. The number of aromatic nitrogens is 2. The van der Waals surface area contributed by atoms with Crippen molar-refractivity contribution in [3.8, 4) is 0 Å². The number of carboxylic acid groups (broad SMARTS) is 1. The van der Waals surface area contributed by atoms with E-state index < -0.39 is 11.5 Å². The van der Waals surface area contributed by atoms with E-state index in [2.05, 4.69) is 24.3 Å². The molecular formula is C17H27N3O3. The van der Waals surface area contributed by atoms with Gasteiger partial charge in [0.2, 0.25) is 5.91 Å². The lowest BCUT2D eigenvalue weighted by Gasteiger charge is -2.25. The Kier molecular flexibility index (Phi) is 5.12. The molecular weight excluding hydrogens is 294 g/mol. The van der Waals surface area contributed by atoms with Gasteiger partial charge in [-0.3, -0.25) is 9.48 Å². The second-order valence-corrected chi connectivity index (χ2v) is 7.04. The molecule has 23 heavy (non-hydrogen) atoms. The fourth-order valence-corrected chi connectivity index (χ4v) is 3.36. The van der Waals surface area contributed by atoms with Crippen LogP contribution in [0.25, 0.3) is 0 Å². The van der Waals surface area contributed by atoms with Gasteiger partial charge in [-0.1, -0.05) is 26.7 Å². The minimum absolute atomic E-state index is 0.185. The maximum absolute atomic E-state index is 12.4. The smallest absolute Gasteiger partial charge is 0.329 e. The van der Waals surface area contributed by atoms with Crippen LogP contribution in [0.4, 0.5) is 0 Å². The van der Waals surface area contributed by atoms with E-state index in [0.29, 0.717) is 18.8 Å². The zero-order valence-corrected chi connectivity index (χ0v) is 14.5. The van der Waals surface area contributed by atoms with Crippen LogP contribution in [0.1, 0.15) is 56.5 Å². The van der Waals surface area contributed by atoms with Crippen molar-refractivity contribution in [2.24, 2.45) is 5.92 Å². The molecule has 0 spiro atoms. The van der Waals surface area contributed by atoms with E-state index in [1.807, 2.05) is 18.5 Å². The summed E-state index contributed by atoms with van der Waals surface area (Å²) in [7, 11) is 0. The van der Waals surface area contributed by atoms with Gasteiger partial charge in [0.1, 0.15) is 5.54 Å². The summed E-state index contributed by atoms with van der Waals surface area (Å²) in [6.45, 7) is 8.93. The summed E-state index contributed by atoms with van der Waals surface area (Å²) in [4.78, 5) is 23.9. The van der Waals surface area contributed by atoms with E-state index >= 15 is 0 Å². The van der Waals surface area contributed by atoms with E-state index in [-0.39, 0.29) is 12.3 Å². The minimum atomic E-state index is -1.08.